The van der Waals surface area contributed by atoms with Crippen LogP contribution in [0.1, 0.15) is 28.3 Å². The number of rotatable bonds is 8. The first-order valence-electron chi connectivity index (χ1n) is 11.5. The van der Waals surface area contributed by atoms with Crippen LogP contribution in [-0.4, -0.2) is 58.8 Å². The summed E-state index contributed by atoms with van der Waals surface area (Å²) in [5, 5.41) is 11.3. The minimum absolute atomic E-state index is 0.0720. The van der Waals surface area contributed by atoms with E-state index in [1.54, 1.807) is 30.6 Å². The van der Waals surface area contributed by atoms with E-state index in [1.165, 1.54) is 4.90 Å². The molecule has 1 fully saturated rings. The Labute approximate surface area is 205 Å². The van der Waals surface area contributed by atoms with Gasteiger partial charge in [0, 0.05) is 31.0 Å². The maximum Gasteiger partial charge on any atom is 0.295 e. The minimum atomic E-state index is -0.711. The second-order valence-corrected chi connectivity index (χ2v) is 8.83. The highest BCUT2D eigenvalue weighted by molar-refractivity contribution is 6.46. The van der Waals surface area contributed by atoms with Gasteiger partial charge in [0.2, 0.25) is 0 Å². The molecule has 7 nitrogen and oxygen atoms in total. The minimum Gasteiger partial charge on any atom is -0.507 e. The normalized spacial score (nSPS) is 17.3. The lowest BCUT2D eigenvalue weighted by Crippen LogP contribution is -2.35. The lowest BCUT2D eigenvalue weighted by atomic mass is 9.94. The molecule has 1 amide bonds. The van der Waals surface area contributed by atoms with E-state index in [1.807, 2.05) is 68.4 Å². The summed E-state index contributed by atoms with van der Waals surface area (Å²) in [4.78, 5) is 33.7. The number of aliphatic hydroxyl groups excluding tert-OH is 1. The van der Waals surface area contributed by atoms with Crippen molar-refractivity contribution in [2.45, 2.75) is 19.6 Å². The molecular formula is C28H29N3O4. The molecule has 7 heteroatoms. The Morgan fingerprint density at radius 3 is 2.51 bits per heavy atom. The number of aryl methyl sites for hydroxylation is 1. The lowest BCUT2D eigenvalue weighted by molar-refractivity contribution is -0.140. The zero-order chi connectivity index (χ0) is 24.9. The largest absolute Gasteiger partial charge is 0.507 e. The number of aromatic nitrogens is 1. The lowest BCUT2D eigenvalue weighted by Gasteiger charge is -2.26. The van der Waals surface area contributed by atoms with Gasteiger partial charge in [0.15, 0.2) is 0 Å². The van der Waals surface area contributed by atoms with Gasteiger partial charge in [0.1, 0.15) is 18.1 Å². The Hall–Kier alpha value is -3.97. The van der Waals surface area contributed by atoms with Crippen molar-refractivity contribution in [1.82, 2.24) is 14.8 Å². The van der Waals surface area contributed by atoms with Crippen molar-refractivity contribution in [2.75, 3.05) is 27.2 Å². The van der Waals surface area contributed by atoms with E-state index in [4.69, 9.17) is 4.74 Å². The van der Waals surface area contributed by atoms with Crippen LogP contribution >= 0.6 is 0 Å². The fourth-order valence-electron chi connectivity index (χ4n) is 4.18. The third-order valence-corrected chi connectivity index (χ3v) is 6.03. The number of carbonyl (C=O) groups is 2. The molecule has 0 radical (unpaired) electrons. The summed E-state index contributed by atoms with van der Waals surface area (Å²) >= 11 is 0. The number of hydrogen-bond donors (Lipinski definition) is 1. The van der Waals surface area contributed by atoms with Gasteiger partial charge in [-0.05, 0) is 62.0 Å². The molecule has 2 heterocycles. The molecule has 0 unspecified atom stereocenters. The zero-order valence-electron chi connectivity index (χ0n) is 20.1. The van der Waals surface area contributed by atoms with Crippen molar-refractivity contribution < 1.29 is 19.4 Å². The van der Waals surface area contributed by atoms with Crippen molar-refractivity contribution >= 4 is 17.4 Å². The molecule has 4 rings (SSSR count). The van der Waals surface area contributed by atoms with Gasteiger partial charge in [-0.1, -0.05) is 36.4 Å². The summed E-state index contributed by atoms with van der Waals surface area (Å²) in [5.74, 6) is -0.864. The molecule has 1 atom stereocenters. The number of amides is 1. The van der Waals surface area contributed by atoms with Crippen LogP contribution in [0.2, 0.25) is 0 Å². The summed E-state index contributed by atoms with van der Waals surface area (Å²) in [6.07, 6.45) is 3.26. The van der Waals surface area contributed by atoms with Gasteiger partial charge in [0.25, 0.3) is 11.7 Å². The Kier molecular flexibility index (Phi) is 7.27. The highest BCUT2D eigenvalue weighted by atomic mass is 16.5. The predicted octanol–water partition coefficient (Wildman–Crippen LogP) is 3.95. The van der Waals surface area contributed by atoms with Gasteiger partial charge in [-0.3, -0.25) is 14.6 Å². The number of aliphatic hydroxyl groups is 1. The molecule has 0 spiro atoms. The number of ketones is 1. The van der Waals surface area contributed by atoms with E-state index in [-0.39, 0.29) is 11.3 Å². The third-order valence-electron chi connectivity index (χ3n) is 6.03. The van der Waals surface area contributed by atoms with Crippen LogP contribution in [-0.2, 0) is 16.2 Å². The summed E-state index contributed by atoms with van der Waals surface area (Å²) < 4.78 is 5.89. The van der Waals surface area contributed by atoms with Gasteiger partial charge in [-0.15, -0.1) is 0 Å². The van der Waals surface area contributed by atoms with Gasteiger partial charge in [-0.2, -0.15) is 0 Å². The van der Waals surface area contributed by atoms with Crippen LogP contribution in [0.3, 0.4) is 0 Å². The topological polar surface area (TPSA) is 83.0 Å². The van der Waals surface area contributed by atoms with Gasteiger partial charge < -0.3 is 19.6 Å². The summed E-state index contributed by atoms with van der Waals surface area (Å²) in [6, 6.07) is 18.0. The van der Waals surface area contributed by atoms with E-state index < -0.39 is 17.7 Å². The SMILES string of the molecule is Cc1cc(OCc2ccccc2)ccc1/C(O)=C1\C(=O)C(=O)N(CCN(C)C)[C@@H]1c1cccnc1. The average molecular weight is 472 g/mol. The van der Waals surface area contributed by atoms with Crippen molar-refractivity contribution in [1.29, 1.82) is 0 Å². The monoisotopic (exact) mass is 471 g/mol. The summed E-state index contributed by atoms with van der Waals surface area (Å²) in [5.41, 5.74) is 3.01. The second kappa shape index (κ2) is 10.5. The maximum absolute atomic E-state index is 13.1. The first kappa shape index (κ1) is 24.2. The molecule has 1 aromatic heterocycles. The Morgan fingerprint density at radius 1 is 1.09 bits per heavy atom. The highest BCUT2D eigenvalue weighted by Crippen LogP contribution is 2.39. The predicted molar refractivity (Wildman–Crippen MR) is 134 cm³/mol. The van der Waals surface area contributed by atoms with E-state index in [2.05, 4.69) is 4.98 Å². The van der Waals surface area contributed by atoms with Crippen molar-refractivity contribution in [3.63, 3.8) is 0 Å². The quantitative estimate of drug-likeness (QED) is 0.304. The van der Waals surface area contributed by atoms with Gasteiger partial charge in [0.05, 0.1) is 11.6 Å². The Morgan fingerprint density at radius 2 is 1.86 bits per heavy atom. The fraction of sp³-hybridized carbons (Fsp3) is 0.250. The summed E-state index contributed by atoms with van der Waals surface area (Å²) in [7, 11) is 3.81. The number of pyridine rings is 1. The van der Waals surface area contributed by atoms with Gasteiger partial charge >= 0.3 is 0 Å². The first-order valence-corrected chi connectivity index (χ1v) is 11.5. The van der Waals surface area contributed by atoms with E-state index in [0.717, 1.165) is 11.1 Å². The van der Waals surface area contributed by atoms with Crippen LogP contribution < -0.4 is 4.74 Å². The third kappa shape index (κ3) is 5.25. The van der Waals surface area contributed by atoms with E-state index in [0.29, 0.717) is 36.6 Å². The molecule has 2 aromatic carbocycles. The molecule has 35 heavy (non-hydrogen) atoms. The molecular weight excluding hydrogens is 442 g/mol. The van der Waals surface area contributed by atoms with E-state index in [9.17, 15) is 14.7 Å². The second-order valence-electron chi connectivity index (χ2n) is 8.83. The number of likely N-dealkylation sites (tertiary alicyclic amines) is 1. The zero-order valence-corrected chi connectivity index (χ0v) is 20.1. The van der Waals surface area contributed by atoms with Crippen molar-refractivity contribution in [3.05, 3.63) is 101 Å². The molecule has 0 aliphatic carbocycles. The molecule has 1 N–H and O–H groups in total. The number of carbonyl (C=O) groups excluding carboxylic acids is 2. The smallest absolute Gasteiger partial charge is 0.295 e. The molecule has 3 aromatic rings. The fourth-order valence-corrected chi connectivity index (χ4v) is 4.18. The molecule has 1 saturated heterocycles. The first-order chi connectivity index (χ1) is 16.9. The number of likely N-dealkylation sites (N-methyl/N-ethyl adjacent to an activating group) is 1. The molecule has 1 aliphatic rings. The Bertz CT molecular complexity index is 1240. The van der Waals surface area contributed by atoms with Crippen LogP contribution in [0.25, 0.3) is 5.76 Å². The Balaban J connectivity index is 1.68. The molecule has 0 saturated carbocycles. The van der Waals surface area contributed by atoms with Crippen molar-refractivity contribution in [3.8, 4) is 5.75 Å². The number of Topliss-reactive ketones (excluding diaryl/α,β-unsaturated/α-hetero) is 1. The van der Waals surface area contributed by atoms with Crippen molar-refractivity contribution in [2.24, 2.45) is 0 Å². The van der Waals surface area contributed by atoms with Crippen LogP contribution in [0.15, 0.2) is 78.6 Å². The van der Waals surface area contributed by atoms with Crippen LogP contribution in [0.4, 0.5) is 0 Å². The summed E-state index contributed by atoms with van der Waals surface area (Å²) in [6.45, 7) is 3.19. The molecule has 1 aliphatic heterocycles. The molecule has 180 valence electrons. The average Bonchev–Trinajstić information content (AvgIpc) is 3.12. The number of benzene rings is 2. The molecule has 0 bridgehead atoms. The highest BCUT2D eigenvalue weighted by Gasteiger charge is 2.46. The van der Waals surface area contributed by atoms with Gasteiger partial charge in [-0.25, -0.2) is 0 Å². The number of nitrogens with zero attached hydrogens (tertiary/aromatic N) is 3. The van der Waals surface area contributed by atoms with Crippen LogP contribution in [0.5, 0.6) is 5.75 Å². The maximum atomic E-state index is 13.1. The standard InChI is InChI=1S/C28H29N3O4/c1-19-16-22(35-18-20-8-5-4-6-9-20)11-12-23(19)26(32)24-25(21-10-7-13-29-17-21)31(15-14-30(2)3)28(34)27(24)33/h4-13,16-17,25,32H,14-15,18H2,1-3H3/b26-24+/t25-/m1/s1. The number of hydrogen-bond acceptors (Lipinski definition) is 6. The van der Waals surface area contributed by atoms with E-state index >= 15 is 0 Å². The number of ether oxygens (including phenoxy) is 1. The van der Waals surface area contributed by atoms with Crippen LogP contribution in [0, 0.1) is 6.92 Å².